The molecule has 1 heterocycles. The number of benzene rings is 1. The van der Waals surface area contributed by atoms with Gasteiger partial charge in [0.05, 0.1) is 4.92 Å². The molecular formula is C15H16N2O7. The summed E-state index contributed by atoms with van der Waals surface area (Å²) in [7, 11) is 0. The summed E-state index contributed by atoms with van der Waals surface area (Å²) >= 11 is 0. The molecule has 9 heteroatoms. The Balaban J connectivity index is 1.99. The van der Waals surface area contributed by atoms with Crippen molar-refractivity contribution in [3.8, 4) is 0 Å². The molecule has 1 aromatic carbocycles. The highest BCUT2D eigenvalue weighted by Gasteiger charge is 2.42. The number of nitro benzene ring substituents is 1. The molecule has 2 atom stereocenters. The van der Waals surface area contributed by atoms with Gasteiger partial charge in [0.2, 0.25) is 0 Å². The molecule has 2 rings (SSSR count). The number of hydrogen-bond donors (Lipinski definition) is 1. The number of ether oxygens (including phenoxy) is 1. The minimum Gasteiger partial charge on any atom is -0.480 e. The van der Waals surface area contributed by atoms with Crippen molar-refractivity contribution >= 4 is 23.5 Å². The molecule has 0 aromatic heterocycles. The van der Waals surface area contributed by atoms with Crippen LogP contribution in [0.5, 0.6) is 0 Å². The first-order valence-electron chi connectivity index (χ1n) is 7.19. The van der Waals surface area contributed by atoms with Crippen molar-refractivity contribution < 1.29 is 29.2 Å². The highest BCUT2D eigenvalue weighted by Crippen LogP contribution is 2.25. The summed E-state index contributed by atoms with van der Waals surface area (Å²) in [6.45, 7) is 1.21. The lowest BCUT2D eigenvalue weighted by molar-refractivity contribution is -0.384. The summed E-state index contributed by atoms with van der Waals surface area (Å²) in [5.41, 5.74) is 0.447. The Hall–Kier alpha value is -2.97. The average molecular weight is 336 g/mol. The summed E-state index contributed by atoms with van der Waals surface area (Å²) < 4.78 is 5.06. The molecule has 1 aliphatic heterocycles. The second kappa shape index (κ2) is 7.07. The van der Waals surface area contributed by atoms with E-state index in [1.807, 2.05) is 0 Å². The van der Waals surface area contributed by atoms with Crippen LogP contribution in [-0.2, 0) is 20.9 Å². The summed E-state index contributed by atoms with van der Waals surface area (Å²) in [5, 5.41) is 19.7. The number of nitrogens with zero attached hydrogens (tertiary/aromatic N) is 2. The van der Waals surface area contributed by atoms with Crippen LogP contribution < -0.4 is 0 Å². The van der Waals surface area contributed by atoms with Crippen LogP contribution in [-0.4, -0.2) is 45.4 Å². The third-order valence-electron chi connectivity index (χ3n) is 3.91. The van der Waals surface area contributed by atoms with Gasteiger partial charge in [-0.3, -0.25) is 19.8 Å². The molecule has 9 nitrogen and oxygen atoms in total. The van der Waals surface area contributed by atoms with Gasteiger partial charge in [0.15, 0.2) is 0 Å². The maximum atomic E-state index is 12.1. The van der Waals surface area contributed by atoms with Crippen molar-refractivity contribution in [2.75, 3.05) is 6.54 Å². The number of carboxylic acid groups (broad SMARTS) is 1. The van der Waals surface area contributed by atoms with Gasteiger partial charge in [0.1, 0.15) is 18.4 Å². The van der Waals surface area contributed by atoms with E-state index in [-0.39, 0.29) is 31.0 Å². The van der Waals surface area contributed by atoms with E-state index < -0.39 is 28.9 Å². The fraction of sp³-hybridized carbons (Fsp3) is 0.400. The normalized spacial score (nSPS) is 19.8. The number of carbonyl (C=O) groups excluding carboxylic acids is 2. The van der Waals surface area contributed by atoms with Crippen LogP contribution in [0.1, 0.15) is 18.9 Å². The maximum Gasteiger partial charge on any atom is 0.410 e. The van der Waals surface area contributed by atoms with E-state index in [1.165, 1.54) is 31.2 Å². The molecule has 1 amide bonds. The quantitative estimate of drug-likeness (QED) is 0.639. The SMILES string of the molecule is CC(=O)C1CC(C(=O)O)N(C(=O)OCc2ccc([N+](=O)[O-])cc2)C1. The zero-order valence-electron chi connectivity index (χ0n) is 12.9. The Morgan fingerprint density at radius 2 is 1.96 bits per heavy atom. The van der Waals surface area contributed by atoms with Crippen molar-refractivity contribution in [2.45, 2.75) is 26.0 Å². The van der Waals surface area contributed by atoms with Crippen LogP contribution >= 0.6 is 0 Å². The van der Waals surface area contributed by atoms with E-state index in [4.69, 9.17) is 4.74 Å². The van der Waals surface area contributed by atoms with Crippen LogP contribution in [0.3, 0.4) is 0 Å². The number of Topliss-reactive ketones (excluding diaryl/α,β-unsaturated/α-hetero) is 1. The van der Waals surface area contributed by atoms with E-state index in [9.17, 15) is 29.6 Å². The second-order valence-corrected chi connectivity index (χ2v) is 5.53. The van der Waals surface area contributed by atoms with Crippen molar-refractivity contribution in [2.24, 2.45) is 5.92 Å². The van der Waals surface area contributed by atoms with E-state index in [0.29, 0.717) is 5.56 Å². The molecule has 1 aromatic rings. The Morgan fingerprint density at radius 1 is 1.33 bits per heavy atom. The first-order valence-corrected chi connectivity index (χ1v) is 7.19. The molecule has 0 aliphatic carbocycles. The summed E-state index contributed by atoms with van der Waals surface area (Å²) in [5.74, 6) is -1.88. The molecule has 128 valence electrons. The van der Waals surface area contributed by atoms with E-state index >= 15 is 0 Å². The molecule has 1 aliphatic rings. The third-order valence-corrected chi connectivity index (χ3v) is 3.91. The monoisotopic (exact) mass is 336 g/mol. The number of carboxylic acids is 1. The lowest BCUT2D eigenvalue weighted by Crippen LogP contribution is -2.40. The highest BCUT2D eigenvalue weighted by molar-refractivity contribution is 5.85. The van der Waals surface area contributed by atoms with Gasteiger partial charge in [-0.2, -0.15) is 0 Å². The number of amides is 1. The third kappa shape index (κ3) is 3.86. The lowest BCUT2D eigenvalue weighted by atomic mass is 10.0. The molecule has 1 fully saturated rings. The predicted octanol–water partition coefficient (Wildman–Crippen LogP) is 1.60. The number of hydrogen-bond acceptors (Lipinski definition) is 6. The van der Waals surface area contributed by atoms with Gasteiger partial charge in [-0.25, -0.2) is 9.59 Å². The first-order chi connectivity index (χ1) is 11.3. The molecule has 0 saturated carbocycles. The van der Waals surface area contributed by atoms with Gasteiger partial charge in [-0.05, 0) is 31.0 Å². The number of carbonyl (C=O) groups is 3. The number of non-ortho nitro benzene ring substituents is 1. The van der Waals surface area contributed by atoms with Crippen LogP contribution in [0.4, 0.5) is 10.5 Å². The molecule has 0 bridgehead atoms. The Bertz CT molecular complexity index is 671. The van der Waals surface area contributed by atoms with Crippen molar-refractivity contribution in [1.82, 2.24) is 4.90 Å². The highest BCUT2D eigenvalue weighted by atomic mass is 16.6. The number of aliphatic carboxylic acids is 1. The van der Waals surface area contributed by atoms with Gasteiger partial charge in [-0.15, -0.1) is 0 Å². The van der Waals surface area contributed by atoms with Crippen molar-refractivity contribution in [3.05, 3.63) is 39.9 Å². The zero-order chi connectivity index (χ0) is 17.9. The van der Waals surface area contributed by atoms with E-state index in [0.717, 1.165) is 4.90 Å². The average Bonchev–Trinajstić information content (AvgIpc) is 2.99. The minimum absolute atomic E-state index is 0.00535. The van der Waals surface area contributed by atoms with Crippen LogP contribution in [0.15, 0.2) is 24.3 Å². The Morgan fingerprint density at radius 3 is 2.46 bits per heavy atom. The van der Waals surface area contributed by atoms with Gasteiger partial charge in [0.25, 0.3) is 5.69 Å². The van der Waals surface area contributed by atoms with Gasteiger partial charge in [0, 0.05) is 24.6 Å². The largest absolute Gasteiger partial charge is 0.480 e. The number of rotatable bonds is 5. The lowest BCUT2D eigenvalue weighted by Gasteiger charge is -2.20. The minimum atomic E-state index is -1.19. The summed E-state index contributed by atoms with van der Waals surface area (Å²) in [4.78, 5) is 45.8. The zero-order valence-corrected chi connectivity index (χ0v) is 12.9. The van der Waals surface area contributed by atoms with Crippen LogP contribution in [0.2, 0.25) is 0 Å². The second-order valence-electron chi connectivity index (χ2n) is 5.53. The number of ketones is 1. The molecule has 0 spiro atoms. The summed E-state index contributed by atoms with van der Waals surface area (Å²) in [6.07, 6.45) is -0.762. The smallest absolute Gasteiger partial charge is 0.410 e. The van der Waals surface area contributed by atoms with Gasteiger partial charge in [-0.1, -0.05) is 0 Å². The number of nitro groups is 1. The van der Waals surface area contributed by atoms with E-state index in [1.54, 1.807) is 0 Å². The molecular weight excluding hydrogens is 320 g/mol. The molecule has 2 unspecified atom stereocenters. The topological polar surface area (TPSA) is 127 Å². The fourth-order valence-electron chi connectivity index (χ4n) is 2.51. The van der Waals surface area contributed by atoms with Gasteiger partial charge >= 0.3 is 12.1 Å². The van der Waals surface area contributed by atoms with Crippen molar-refractivity contribution in [3.63, 3.8) is 0 Å². The fourth-order valence-corrected chi connectivity index (χ4v) is 2.51. The maximum absolute atomic E-state index is 12.1. The van der Waals surface area contributed by atoms with E-state index in [2.05, 4.69) is 0 Å². The molecule has 1 N–H and O–H groups in total. The molecule has 0 radical (unpaired) electrons. The van der Waals surface area contributed by atoms with Crippen LogP contribution in [0.25, 0.3) is 0 Å². The first kappa shape index (κ1) is 17.4. The Labute approximate surface area is 137 Å². The molecule has 1 saturated heterocycles. The Kier molecular flexibility index (Phi) is 5.12. The van der Waals surface area contributed by atoms with Crippen molar-refractivity contribution in [1.29, 1.82) is 0 Å². The molecule has 24 heavy (non-hydrogen) atoms. The predicted molar refractivity (Wildman–Crippen MR) is 80.2 cm³/mol. The summed E-state index contributed by atoms with van der Waals surface area (Å²) in [6, 6.07) is 4.36. The van der Waals surface area contributed by atoms with Gasteiger partial charge < -0.3 is 9.84 Å². The standard InChI is InChI=1S/C15H16N2O7/c1-9(18)11-6-13(14(19)20)16(7-11)15(21)24-8-10-2-4-12(5-3-10)17(22)23/h2-5,11,13H,6-8H2,1H3,(H,19,20). The van der Waals surface area contributed by atoms with Crippen LogP contribution in [0, 0.1) is 16.0 Å². The number of likely N-dealkylation sites (tertiary alicyclic amines) is 1.